The van der Waals surface area contributed by atoms with Gasteiger partial charge in [0.15, 0.2) is 0 Å². The van der Waals surface area contributed by atoms with Crippen LogP contribution in [0, 0.1) is 5.92 Å². The number of carbonyl (C=O) groups excluding carboxylic acids is 9. The molecule has 0 aliphatic heterocycles. The van der Waals surface area contributed by atoms with E-state index < -0.39 is 41.6 Å². The number of alkyl carbamates (subject to hydrolysis) is 1. The van der Waals surface area contributed by atoms with Gasteiger partial charge in [0, 0.05) is 19.3 Å². The molecule has 3 unspecified atom stereocenters. The number of hydrogen-bond acceptors (Lipinski definition) is 12. The van der Waals surface area contributed by atoms with Crippen molar-refractivity contribution in [3.63, 3.8) is 0 Å². The lowest BCUT2D eigenvalue weighted by atomic mass is 9.87. The number of nitrogens with one attached hydrogen (secondary N) is 2. The van der Waals surface area contributed by atoms with Crippen LogP contribution < -0.4 is 10.6 Å². The summed E-state index contributed by atoms with van der Waals surface area (Å²) in [5.41, 5.74) is 2.98. The highest BCUT2D eigenvalue weighted by Gasteiger charge is 2.32. The van der Waals surface area contributed by atoms with Crippen LogP contribution in [0.2, 0.25) is 0 Å². The molecule has 2 amide bonds. The maximum absolute atomic E-state index is 14.0. The molecule has 0 aromatic heterocycles. The third kappa shape index (κ3) is 23.0. The van der Waals surface area contributed by atoms with Gasteiger partial charge in [-0.2, -0.15) is 19.2 Å². The fourth-order valence-electron chi connectivity index (χ4n) is 6.18. The van der Waals surface area contributed by atoms with Gasteiger partial charge in [-0.25, -0.2) is 9.59 Å². The number of ether oxygens (including phenoxy) is 3. The second-order valence-corrected chi connectivity index (χ2v) is 15.1. The van der Waals surface area contributed by atoms with Gasteiger partial charge in [-0.15, -0.1) is 0 Å². The van der Waals surface area contributed by atoms with Crippen molar-refractivity contribution in [3.8, 4) is 0 Å². The van der Waals surface area contributed by atoms with E-state index in [1.54, 1.807) is 32.9 Å². The Kier molecular flexibility index (Phi) is 24.1. The molecule has 2 N–H and O–H groups in total. The highest BCUT2D eigenvalue weighted by molar-refractivity contribution is 5.94. The molecule has 0 saturated heterocycles. The van der Waals surface area contributed by atoms with Crippen LogP contribution in [0.1, 0.15) is 81.5 Å². The van der Waals surface area contributed by atoms with E-state index in [9.17, 15) is 24.0 Å². The Morgan fingerprint density at radius 2 is 1.05 bits per heavy atom. The summed E-state index contributed by atoms with van der Waals surface area (Å²) in [6.07, 6.45) is 2.31. The van der Waals surface area contributed by atoms with E-state index in [1.165, 1.54) is 5.56 Å². The lowest BCUT2D eigenvalue weighted by Gasteiger charge is -2.25. The Balaban J connectivity index is 0.00000208. The van der Waals surface area contributed by atoms with Crippen LogP contribution in [0.5, 0.6) is 0 Å². The van der Waals surface area contributed by atoms with Crippen molar-refractivity contribution in [2.24, 2.45) is 5.92 Å². The minimum Gasteiger partial charge on any atom is -0.461 e. The predicted octanol–water partition coefficient (Wildman–Crippen LogP) is 6.70. The third-order valence-electron chi connectivity index (χ3n) is 8.95. The number of aryl methyl sites for hydroxylation is 1. The molecule has 0 fully saturated rings. The first-order valence-corrected chi connectivity index (χ1v) is 20.0. The number of amides is 2. The molecule has 0 spiro atoms. The molecule has 4 rings (SSSR count). The summed E-state index contributed by atoms with van der Waals surface area (Å²) in [5, 5.41) is 5.22. The first-order valence-electron chi connectivity index (χ1n) is 20.0. The summed E-state index contributed by atoms with van der Waals surface area (Å²) in [7, 11) is 0. The number of benzene rings is 4. The first-order chi connectivity index (χ1) is 29.8. The Morgan fingerprint density at radius 1 is 0.581 bits per heavy atom. The number of hydrogen-bond donors (Lipinski definition) is 2. The molecular formula is C48H54N2O12. The smallest absolute Gasteiger partial charge is 0.408 e. The molecule has 4 aromatic carbocycles. The second-order valence-electron chi connectivity index (χ2n) is 15.1. The average Bonchev–Trinajstić information content (AvgIpc) is 3.24. The molecule has 0 saturated carbocycles. The van der Waals surface area contributed by atoms with Gasteiger partial charge < -0.3 is 24.8 Å². The zero-order chi connectivity index (χ0) is 45.6. The van der Waals surface area contributed by atoms with Crippen molar-refractivity contribution in [1.29, 1.82) is 0 Å². The van der Waals surface area contributed by atoms with Crippen molar-refractivity contribution in [3.05, 3.63) is 144 Å². The molecular weight excluding hydrogens is 797 g/mol. The van der Waals surface area contributed by atoms with Crippen LogP contribution >= 0.6 is 0 Å². The van der Waals surface area contributed by atoms with Gasteiger partial charge in [0.2, 0.25) is 5.91 Å². The summed E-state index contributed by atoms with van der Waals surface area (Å²) in [6.45, 7) is 5.05. The van der Waals surface area contributed by atoms with Gasteiger partial charge in [0.05, 0.1) is 0 Å². The van der Waals surface area contributed by atoms with Crippen molar-refractivity contribution in [2.75, 3.05) is 0 Å². The Morgan fingerprint density at radius 3 is 1.55 bits per heavy atom. The van der Waals surface area contributed by atoms with Crippen LogP contribution in [0.3, 0.4) is 0 Å². The van der Waals surface area contributed by atoms with E-state index in [4.69, 9.17) is 33.4 Å². The van der Waals surface area contributed by atoms with Crippen LogP contribution in [0.25, 0.3) is 0 Å². The number of esters is 2. The Bertz CT molecular complexity index is 2000. The zero-order valence-electron chi connectivity index (χ0n) is 35.2. The molecule has 14 heteroatoms. The summed E-state index contributed by atoms with van der Waals surface area (Å²) >= 11 is 0. The monoisotopic (exact) mass is 850 g/mol. The lowest BCUT2D eigenvalue weighted by Crippen LogP contribution is -2.53. The van der Waals surface area contributed by atoms with Crippen molar-refractivity contribution in [1.82, 2.24) is 10.6 Å². The third-order valence-corrected chi connectivity index (χ3v) is 8.95. The molecule has 0 heterocycles. The fraction of sp³-hybridized carbons (Fsp3) is 0.354. The summed E-state index contributed by atoms with van der Waals surface area (Å²) < 4.78 is 16.4. The van der Waals surface area contributed by atoms with E-state index in [-0.39, 0.29) is 62.9 Å². The lowest BCUT2D eigenvalue weighted by molar-refractivity contribution is -0.193. The van der Waals surface area contributed by atoms with Gasteiger partial charge in [-0.1, -0.05) is 121 Å². The maximum Gasteiger partial charge on any atom is 0.408 e. The maximum atomic E-state index is 14.0. The highest BCUT2D eigenvalue weighted by atomic mass is 16.6. The van der Waals surface area contributed by atoms with E-state index in [0.717, 1.165) is 36.0 Å². The van der Waals surface area contributed by atoms with Crippen LogP contribution in [-0.2, 0) is 78.6 Å². The van der Waals surface area contributed by atoms with Crippen molar-refractivity contribution in [2.45, 2.75) is 103 Å². The molecule has 62 heavy (non-hydrogen) atoms. The van der Waals surface area contributed by atoms with E-state index in [1.807, 2.05) is 97.1 Å². The molecule has 0 bridgehead atoms. The van der Waals surface area contributed by atoms with Crippen molar-refractivity contribution < 1.29 is 57.4 Å². The standard InChI is InChI=1S/C46H54N2O8.2CO2/c1-46(2,3)56-45(53)48-41(31-39(49)30-38(29-35-19-10-5-11-20-35)26-16-25-34-17-8-4-9-18-34)43(51)47-40(44(52)55-33-37-23-14-7-15-24-37)27-28-42(50)54-32-36-21-12-6-13-22-36;2*2-1-3/h4-15,17-24,38,40-41H,16,25-33H2,1-3H3,(H,47,51)(H,48,53);;. The van der Waals surface area contributed by atoms with E-state index in [0.29, 0.717) is 6.42 Å². The minimum absolute atomic E-state index is 0.0125. The normalized spacial score (nSPS) is 11.7. The van der Waals surface area contributed by atoms with Gasteiger partial charge in [0.25, 0.3) is 0 Å². The Hall–Kier alpha value is -7.01. The fourth-order valence-corrected chi connectivity index (χ4v) is 6.18. The van der Waals surface area contributed by atoms with Crippen LogP contribution in [0.4, 0.5) is 4.79 Å². The molecule has 4 aromatic rings. The topological polar surface area (TPSA) is 205 Å². The van der Waals surface area contributed by atoms with Gasteiger partial charge in [0.1, 0.15) is 36.7 Å². The molecule has 0 radical (unpaired) electrons. The molecule has 0 aliphatic carbocycles. The SMILES string of the molecule is CC(C)(C)OC(=O)NC(CC(=O)CC(CCCc1ccccc1)Cc1ccccc1)C(=O)NC(CCC(=O)OCc1ccccc1)C(=O)OCc1ccccc1.O=C=O.O=C=O. The van der Waals surface area contributed by atoms with Gasteiger partial charge in [-0.05, 0) is 81.0 Å². The summed E-state index contributed by atoms with van der Waals surface area (Å²) in [6, 6.07) is 35.7. The van der Waals surface area contributed by atoms with Crippen molar-refractivity contribution >= 4 is 42.0 Å². The zero-order valence-corrected chi connectivity index (χ0v) is 35.2. The predicted molar refractivity (Wildman–Crippen MR) is 224 cm³/mol. The largest absolute Gasteiger partial charge is 0.461 e. The first kappa shape index (κ1) is 51.1. The van der Waals surface area contributed by atoms with Crippen LogP contribution in [-0.4, -0.2) is 59.7 Å². The number of Topliss-reactive ketones (excluding diaryl/α,β-unsaturated/α-hetero) is 1. The summed E-state index contributed by atoms with van der Waals surface area (Å²) in [5.74, 6) is -2.37. The van der Waals surface area contributed by atoms with Gasteiger partial charge >= 0.3 is 30.3 Å². The minimum atomic E-state index is -1.37. The summed E-state index contributed by atoms with van der Waals surface area (Å²) in [4.78, 5) is 99.5. The second kappa shape index (κ2) is 29.3. The highest BCUT2D eigenvalue weighted by Crippen LogP contribution is 2.22. The molecule has 0 aliphatic rings. The average molecular weight is 851 g/mol. The Labute approximate surface area is 361 Å². The number of carbonyl (C=O) groups is 5. The molecule has 328 valence electrons. The van der Waals surface area contributed by atoms with Gasteiger partial charge in [-0.3, -0.25) is 14.4 Å². The van der Waals surface area contributed by atoms with Crippen LogP contribution in [0.15, 0.2) is 121 Å². The van der Waals surface area contributed by atoms with E-state index >= 15 is 0 Å². The van der Waals surface area contributed by atoms with E-state index in [2.05, 4.69) is 22.8 Å². The quantitative estimate of drug-likeness (QED) is 0.0664. The number of rotatable bonds is 21. The molecule has 3 atom stereocenters. The molecule has 14 nitrogen and oxygen atoms in total. The number of ketones is 1.